The minimum Gasteiger partial charge on any atom is -0.508 e. The van der Waals surface area contributed by atoms with Gasteiger partial charge in [0.25, 0.3) is 0 Å². The molecule has 0 amide bonds. The molecular weight excluding hydrogens is 240 g/mol. The molecule has 0 bridgehead atoms. The normalized spacial score (nSPS) is 10.7. The van der Waals surface area contributed by atoms with E-state index in [1.807, 2.05) is 18.2 Å². The summed E-state index contributed by atoms with van der Waals surface area (Å²) in [7, 11) is 0. The van der Waals surface area contributed by atoms with E-state index in [4.69, 9.17) is 0 Å². The summed E-state index contributed by atoms with van der Waals surface area (Å²) in [5, 5.41) is 12.0. The van der Waals surface area contributed by atoms with Gasteiger partial charge in [-0.1, -0.05) is 54.2 Å². The van der Waals surface area contributed by atoms with Crippen molar-refractivity contribution in [2.45, 2.75) is 9.79 Å². The second-order valence-corrected chi connectivity index (χ2v) is 5.19. The summed E-state index contributed by atoms with van der Waals surface area (Å²) < 4.78 is 0. The van der Waals surface area contributed by atoms with Gasteiger partial charge in [-0.2, -0.15) is 0 Å². The van der Waals surface area contributed by atoms with Crippen LogP contribution in [0.4, 0.5) is 0 Å². The van der Waals surface area contributed by atoms with E-state index in [-0.39, 0.29) is 0 Å². The van der Waals surface area contributed by atoms with Crippen molar-refractivity contribution in [3.8, 4) is 5.75 Å². The predicted molar refractivity (Wildman–Crippen MR) is 76.2 cm³/mol. The number of benzene rings is 3. The van der Waals surface area contributed by atoms with Gasteiger partial charge in [-0.25, -0.2) is 0 Å². The molecule has 18 heavy (non-hydrogen) atoms. The Morgan fingerprint density at radius 1 is 0.778 bits per heavy atom. The van der Waals surface area contributed by atoms with Crippen LogP contribution in [-0.4, -0.2) is 5.11 Å². The standard InChI is InChI=1S/C16H12OS/c17-13-7-4-8-14(11-13)18-16-10-3-6-12-5-1-2-9-15(12)16/h1-11,17H. The molecule has 0 aliphatic rings. The lowest BCUT2D eigenvalue weighted by Gasteiger charge is -2.06. The first-order chi connectivity index (χ1) is 8.83. The van der Waals surface area contributed by atoms with Crippen LogP contribution in [0.3, 0.4) is 0 Å². The maximum absolute atomic E-state index is 9.49. The molecule has 3 aromatic rings. The molecule has 0 aliphatic heterocycles. The number of hydrogen-bond donors (Lipinski definition) is 1. The Kier molecular flexibility index (Phi) is 2.95. The highest BCUT2D eigenvalue weighted by Crippen LogP contribution is 2.34. The minimum absolute atomic E-state index is 0.306. The van der Waals surface area contributed by atoms with Crippen molar-refractivity contribution < 1.29 is 5.11 Å². The highest BCUT2D eigenvalue weighted by molar-refractivity contribution is 7.99. The number of hydrogen-bond acceptors (Lipinski definition) is 2. The molecule has 88 valence electrons. The summed E-state index contributed by atoms with van der Waals surface area (Å²) in [6.07, 6.45) is 0. The first kappa shape index (κ1) is 11.2. The van der Waals surface area contributed by atoms with E-state index in [0.717, 1.165) is 4.90 Å². The van der Waals surface area contributed by atoms with Gasteiger partial charge in [0.05, 0.1) is 0 Å². The minimum atomic E-state index is 0.306. The Hall–Kier alpha value is -1.93. The lowest BCUT2D eigenvalue weighted by atomic mass is 10.1. The SMILES string of the molecule is Oc1cccc(Sc2cccc3ccccc23)c1. The van der Waals surface area contributed by atoms with E-state index in [0.29, 0.717) is 5.75 Å². The molecule has 0 heterocycles. The average molecular weight is 252 g/mol. The third-order valence-corrected chi connectivity index (χ3v) is 3.86. The Labute approximate surface area is 110 Å². The maximum Gasteiger partial charge on any atom is 0.116 e. The summed E-state index contributed by atoms with van der Waals surface area (Å²) >= 11 is 1.67. The van der Waals surface area contributed by atoms with Crippen LogP contribution in [-0.2, 0) is 0 Å². The highest BCUT2D eigenvalue weighted by atomic mass is 32.2. The first-order valence-electron chi connectivity index (χ1n) is 5.77. The molecule has 0 unspecified atom stereocenters. The Morgan fingerprint density at radius 2 is 1.56 bits per heavy atom. The van der Waals surface area contributed by atoms with Gasteiger partial charge >= 0.3 is 0 Å². The predicted octanol–water partition coefficient (Wildman–Crippen LogP) is 4.70. The fraction of sp³-hybridized carbons (Fsp3) is 0. The highest BCUT2D eigenvalue weighted by Gasteiger charge is 2.02. The molecule has 0 spiro atoms. The van der Waals surface area contributed by atoms with E-state index < -0.39 is 0 Å². The Balaban J connectivity index is 2.05. The van der Waals surface area contributed by atoms with E-state index >= 15 is 0 Å². The number of phenolic OH excluding ortho intramolecular Hbond substituents is 1. The van der Waals surface area contributed by atoms with Crippen LogP contribution in [0.5, 0.6) is 5.75 Å². The molecular formula is C16H12OS. The van der Waals surface area contributed by atoms with Crippen LogP contribution in [0.25, 0.3) is 10.8 Å². The summed E-state index contributed by atoms with van der Waals surface area (Å²) in [5.74, 6) is 0.306. The molecule has 0 saturated heterocycles. The van der Waals surface area contributed by atoms with Crippen molar-refractivity contribution in [3.05, 3.63) is 66.7 Å². The number of rotatable bonds is 2. The molecule has 3 aromatic carbocycles. The van der Waals surface area contributed by atoms with Gasteiger partial charge in [-0.3, -0.25) is 0 Å². The summed E-state index contributed by atoms with van der Waals surface area (Å²) in [6, 6.07) is 22.0. The van der Waals surface area contributed by atoms with E-state index in [1.165, 1.54) is 15.7 Å². The molecule has 0 aromatic heterocycles. The molecule has 0 atom stereocenters. The first-order valence-corrected chi connectivity index (χ1v) is 6.59. The number of aromatic hydroxyl groups is 1. The lowest BCUT2D eigenvalue weighted by Crippen LogP contribution is -1.78. The van der Waals surface area contributed by atoms with Gasteiger partial charge in [0.1, 0.15) is 5.75 Å². The summed E-state index contributed by atoms with van der Waals surface area (Å²) in [4.78, 5) is 2.25. The summed E-state index contributed by atoms with van der Waals surface area (Å²) in [5.41, 5.74) is 0. The fourth-order valence-corrected chi connectivity index (χ4v) is 2.98. The molecule has 1 N–H and O–H groups in total. The quantitative estimate of drug-likeness (QED) is 0.713. The second-order valence-electron chi connectivity index (χ2n) is 4.08. The van der Waals surface area contributed by atoms with Gasteiger partial charge in [0.2, 0.25) is 0 Å². The van der Waals surface area contributed by atoms with Gasteiger partial charge in [-0.05, 0) is 35.0 Å². The smallest absolute Gasteiger partial charge is 0.116 e. The van der Waals surface area contributed by atoms with Crippen LogP contribution in [0.15, 0.2) is 76.5 Å². The molecule has 3 rings (SSSR count). The van der Waals surface area contributed by atoms with Crippen molar-refractivity contribution in [2.75, 3.05) is 0 Å². The van der Waals surface area contributed by atoms with Crippen molar-refractivity contribution in [3.63, 3.8) is 0 Å². The van der Waals surface area contributed by atoms with Crippen molar-refractivity contribution in [1.82, 2.24) is 0 Å². The van der Waals surface area contributed by atoms with Crippen LogP contribution < -0.4 is 0 Å². The maximum atomic E-state index is 9.49. The zero-order valence-corrected chi connectivity index (χ0v) is 10.5. The molecule has 1 nitrogen and oxygen atoms in total. The zero-order chi connectivity index (χ0) is 12.4. The third kappa shape index (κ3) is 2.20. The van der Waals surface area contributed by atoms with Crippen molar-refractivity contribution in [2.24, 2.45) is 0 Å². The van der Waals surface area contributed by atoms with Crippen LogP contribution in [0.2, 0.25) is 0 Å². The largest absolute Gasteiger partial charge is 0.508 e. The van der Waals surface area contributed by atoms with Crippen LogP contribution in [0, 0.1) is 0 Å². The van der Waals surface area contributed by atoms with Crippen LogP contribution in [0.1, 0.15) is 0 Å². The average Bonchev–Trinajstić information content (AvgIpc) is 2.39. The summed E-state index contributed by atoms with van der Waals surface area (Å²) in [6.45, 7) is 0. The monoisotopic (exact) mass is 252 g/mol. The third-order valence-electron chi connectivity index (χ3n) is 2.80. The molecule has 2 heteroatoms. The number of phenols is 1. The van der Waals surface area contributed by atoms with E-state index in [9.17, 15) is 5.11 Å². The van der Waals surface area contributed by atoms with Crippen LogP contribution >= 0.6 is 11.8 Å². The second kappa shape index (κ2) is 4.75. The molecule has 0 radical (unpaired) electrons. The van der Waals surface area contributed by atoms with Gasteiger partial charge in [-0.15, -0.1) is 0 Å². The van der Waals surface area contributed by atoms with Gasteiger partial charge in [0.15, 0.2) is 0 Å². The van der Waals surface area contributed by atoms with Crippen molar-refractivity contribution >= 4 is 22.5 Å². The van der Waals surface area contributed by atoms with E-state index in [1.54, 1.807) is 23.9 Å². The topological polar surface area (TPSA) is 20.2 Å². The Morgan fingerprint density at radius 3 is 2.44 bits per heavy atom. The number of fused-ring (bicyclic) bond motifs is 1. The zero-order valence-electron chi connectivity index (χ0n) is 9.71. The molecule has 0 saturated carbocycles. The van der Waals surface area contributed by atoms with E-state index in [2.05, 4.69) is 36.4 Å². The molecule has 0 fully saturated rings. The van der Waals surface area contributed by atoms with Crippen molar-refractivity contribution in [1.29, 1.82) is 0 Å². The molecule has 0 aliphatic carbocycles. The Bertz CT molecular complexity index is 686. The van der Waals surface area contributed by atoms with Gasteiger partial charge < -0.3 is 5.11 Å². The van der Waals surface area contributed by atoms with Gasteiger partial charge in [0, 0.05) is 9.79 Å². The fourth-order valence-electron chi connectivity index (χ4n) is 1.96. The lowest BCUT2D eigenvalue weighted by molar-refractivity contribution is 0.474.